The van der Waals surface area contributed by atoms with Gasteiger partial charge in [0.05, 0.1) is 26.2 Å². The standard InChI is InChI=1S/C19H27N5O2/c1-15-4-2-3-7-19(15)17(25)24(18(26)21-19)14-22-10-12-23(13-11-22)16-5-8-20-9-6-16/h5-6,8-9,15H,2-4,7,10-14H2,1H3,(H,21,26)/p+2/t15-,19-/m0/s1. The average Bonchev–Trinajstić information content (AvgIpc) is 2.90. The van der Waals surface area contributed by atoms with Crippen LogP contribution in [0.25, 0.3) is 0 Å². The number of carbonyl (C=O) groups excluding carboxylic acids is 2. The zero-order valence-corrected chi connectivity index (χ0v) is 15.5. The summed E-state index contributed by atoms with van der Waals surface area (Å²) in [5.41, 5.74) is 0.574. The van der Waals surface area contributed by atoms with Gasteiger partial charge < -0.3 is 15.1 Å². The second-order valence-electron chi connectivity index (χ2n) is 7.93. The van der Waals surface area contributed by atoms with Crippen molar-refractivity contribution >= 4 is 17.6 Å². The van der Waals surface area contributed by atoms with Gasteiger partial charge in [-0.1, -0.05) is 19.8 Å². The van der Waals surface area contributed by atoms with Crippen LogP contribution in [0.3, 0.4) is 0 Å². The van der Waals surface area contributed by atoms with Crippen molar-refractivity contribution in [2.24, 2.45) is 5.92 Å². The van der Waals surface area contributed by atoms with Gasteiger partial charge in [0.2, 0.25) is 0 Å². The molecule has 0 radical (unpaired) electrons. The molecule has 3 aliphatic rings. The fraction of sp³-hybridized carbons (Fsp3) is 0.632. The molecular weight excluding hydrogens is 330 g/mol. The number of quaternary nitrogens is 1. The highest BCUT2D eigenvalue weighted by atomic mass is 16.2. The van der Waals surface area contributed by atoms with E-state index in [9.17, 15) is 9.59 Å². The quantitative estimate of drug-likeness (QED) is 0.726. The molecule has 0 bridgehead atoms. The van der Waals surface area contributed by atoms with E-state index >= 15 is 0 Å². The van der Waals surface area contributed by atoms with Crippen LogP contribution in [0.4, 0.5) is 10.5 Å². The van der Waals surface area contributed by atoms with Crippen molar-refractivity contribution in [3.8, 4) is 0 Å². The van der Waals surface area contributed by atoms with Crippen molar-refractivity contribution in [1.82, 2.24) is 10.2 Å². The van der Waals surface area contributed by atoms with Gasteiger partial charge in [-0.25, -0.2) is 14.7 Å². The molecule has 0 aromatic carbocycles. The zero-order valence-electron chi connectivity index (χ0n) is 15.5. The maximum atomic E-state index is 13.1. The number of imide groups is 1. The molecule has 1 saturated carbocycles. The highest BCUT2D eigenvalue weighted by molar-refractivity contribution is 6.07. The van der Waals surface area contributed by atoms with Crippen LogP contribution >= 0.6 is 0 Å². The number of anilines is 1. The maximum Gasteiger partial charge on any atom is 0.329 e. The molecule has 0 unspecified atom stereocenters. The summed E-state index contributed by atoms with van der Waals surface area (Å²) in [6.07, 6.45) is 7.84. The van der Waals surface area contributed by atoms with Crippen molar-refractivity contribution in [3.05, 3.63) is 24.5 Å². The van der Waals surface area contributed by atoms with E-state index in [1.807, 2.05) is 12.4 Å². The molecule has 1 aromatic rings. The lowest BCUT2D eigenvalue weighted by molar-refractivity contribution is -0.907. The van der Waals surface area contributed by atoms with Gasteiger partial charge in [0.1, 0.15) is 5.54 Å². The Kier molecular flexibility index (Phi) is 4.56. The minimum Gasteiger partial charge on any atom is -0.360 e. The molecule has 3 fully saturated rings. The number of hydrogen-bond donors (Lipinski definition) is 2. The molecule has 2 aliphatic heterocycles. The number of nitrogens with zero attached hydrogens (tertiary/aromatic N) is 2. The summed E-state index contributed by atoms with van der Waals surface area (Å²) in [7, 11) is 0. The maximum absolute atomic E-state index is 13.1. The Labute approximate surface area is 154 Å². The molecule has 1 spiro atoms. The van der Waals surface area contributed by atoms with E-state index in [2.05, 4.69) is 34.3 Å². The summed E-state index contributed by atoms with van der Waals surface area (Å²) in [6.45, 7) is 6.31. The zero-order chi connectivity index (χ0) is 18.1. The molecular formula is C19H29N5O2+2. The monoisotopic (exact) mass is 359 g/mol. The van der Waals surface area contributed by atoms with Crippen molar-refractivity contribution in [2.45, 2.75) is 38.1 Å². The summed E-state index contributed by atoms with van der Waals surface area (Å²) < 4.78 is 0. The van der Waals surface area contributed by atoms with Crippen LogP contribution in [-0.2, 0) is 4.79 Å². The van der Waals surface area contributed by atoms with Crippen molar-refractivity contribution < 1.29 is 19.5 Å². The normalized spacial score (nSPS) is 30.1. The van der Waals surface area contributed by atoms with Gasteiger partial charge in [-0.3, -0.25) is 4.79 Å². The first-order valence-corrected chi connectivity index (χ1v) is 9.79. The van der Waals surface area contributed by atoms with Crippen LogP contribution in [0.2, 0.25) is 0 Å². The minimum atomic E-state index is -0.642. The molecule has 1 aromatic heterocycles. The topological polar surface area (TPSA) is 71.2 Å². The van der Waals surface area contributed by atoms with Crippen molar-refractivity contribution in [2.75, 3.05) is 37.7 Å². The number of amides is 3. The average molecular weight is 359 g/mol. The molecule has 140 valence electrons. The summed E-state index contributed by atoms with van der Waals surface area (Å²) in [6, 6.07) is 3.96. The Morgan fingerprint density at radius 1 is 1.23 bits per heavy atom. The van der Waals surface area contributed by atoms with Crippen LogP contribution < -0.4 is 20.1 Å². The van der Waals surface area contributed by atoms with E-state index in [4.69, 9.17) is 0 Å². The highest BCUT2D eigenvalue weighted by Crippen LogP contribution is 2.37. The molecule has 7 heteroatoms. The summed E-state index contributed by atoms with van der Waals surface area (Å²) >= 11 is 0. The molecule has 3 amide bonds. The fourth-order valence-corrected chi connectivity index (χ4v) is 4.69. The first kappa shape index (κ1) is 17.3. The van der Waals surface area contributed by atoms with Crippen LogP contribution in [-0.4, -0.2) is 55.2 Å². The van der Waals surface area contributed by atoms with E-state index in [1.165, 1.54) is 15.5 Å². The van der Waals surface area contributed by atoms with E-state index in [1.54, 1.807) is 0 Å². The van der Waals surface area contributed by atoms with Crippen molar-refractivity contribution in [1.29, 1.82) is 0 Å². The number of rotatable bonds is 3. The number of H-pyrrole nitrogens is 1. The second kappa shape index (κ2) is 6.87. The van der Waals surface area contributed by atoms with E-state index in [0.29, 0.717) is 6.67 Å². The van der Waals surface area contributed by atoms with Gasteiger partial charge in [0.25, 0.3) is 5.91 Å². The Balaban J connectivity index is 1.38. The largest absolute Gasteiger partial charge is 0.360 e. The SMILES string of the molecule is C[C@H]1CCCC[C@]12NC(=O)N(C[NH+]1CCN(c3cc[nH+]cc3)CC1)C2=O. The lowest BCUT2D eigenvalue weighted by atomic mass is 9.73. The first-order valence-electron chi connectivity index (χ1n) is 9.79. The number of hydrogen-bond acceptors (Lipinski definition) is 3. The van der Waals surface area contributed by atoms with Crippen molar-refractivity contribution in [3.63, 3.8) is 0 Å². The van der Waals surface area contributed by atoms with Crippen LogP contribution in [0.5, 0.6) is 0 Å². The third-order valence-corrected chi connectivity index (χ3v) is 6.42. The smallest absolute Gasteiger partial charge is 0.329 e. The lowest BCUT2D eigenvalue weighted by Crippen LogP contribution is -3.16. The molecule has 3 heterocycles. The van der Waals surface area contributed by atoms with Gasteiger partial charge in [0.15, 0.2) is 19.1 Å². The molecule has 2 saturated heterocycles. The Hall–Kier alpha value is -2.15. The van der Waals surface area contributed by atoms with Crippen LogP contribution in [0.1, 0.15) is 32.6 Å². The number of urea groups is 1. The molecule has 3 N–H and O–H groups in total. The summed E-state index contributed by atoms with van der Waals surface area (Å²) in [5.74, 6) is 0.225. The molecule has 1 aliphatic carbocycles. The number of aromatic nitrogens is 1. The molecule has 26 heavy (non-hydrogen) atoms. The minimum absolute atomic E-state index is 0.00299. The van der Waals surface area contributed by atoms with Gasteiger partial charge in [-0.2, -0.15) is 0 Å². The Morgan fingerprint density at radius 2 is 1.96 bits per heavy atom. The van der Waals surface area contributed by atoms with Crippen LogP contribution in [0.15, 0.2) is 24.5 Å². The van der Waals surface area contributed by atoms with Gasteiger partial charge >= 0.3 is 6.03 Å². The number of aromatic amines is 1. The predicted molar refractivity (Wildman–Crippen MR) is 96.5 cm³/mol. The second-order valence-corrected chi connectivity index (χ2v) is 7.93. The number of nitrogens with one attached hydrogen (secondary N) is 3. The number of carbonyl (C=O) groups is 2. The van der Waals surface area contributed by atoms with E-state index in [0.717, 1.165) is 51.9 Å². The van der Waals surface area contributed by atoms with E-state index < -0.39 is 5.54 Å². The van der Waals surface area contributed by atoms with Gasteiger partial charge in [-0.15, -0.1) is 0 Å². The van der Waals surface area contributed by atoms with E-state index in [-0.39, 0.29) is 17.9 Å². The van der Waals surface area contributed by atoms with Crippen LogP contribution in [0, 0.1) is 5.92 Å². The molecule has 7 nitrogen and oxygen atoms in total. The third kappa shape index (κ3) is 2.94. The Bertz CT molecular complexity index is 674. The summed E-state index contributed by atoms with van der Waals surface area (Å²) in [5, 5.41) is 3.05. The fourth-order valence-electron chi connectivity index (χ4n) is 4.69. The lowest BCUT2D eigenvalue weighted by Gasteiger charge is -2.37. The Morgan fingerprint density at radius 3 is 2.65 bits per heavy atom. The first-order chi connectivity index (χ1) is 12.6. The predicted octanol–water partition coefficient (Wildman–Crippen LogP) is -0.336. The summed E-state index contributed by atoms with van der Waals surface area (Å²) in [4.78, 5) is 33.8. The number of piperazine rings is 1. The third-order valence-electron chi connectivity index (χ3n) is 6.42. The molecule has 4 rings (SSSR count). The molecule has 2 atom stereocenters. The van der Waals surface area contributed by atoms with Gasteiger partial charge in [-0.05, 0) is 18.8 Å². The highest BCUT2D eigenvalue weighted by Gasteiger charge is 2.55. The number of pyridine rings is 1. The van der Waals surface area contributed by atoms with Gasteiger partial charge in [0, 0.05) is 17.8 Å².